The minimum Gasteiger partial charge on any atom is -0.465 e. The van der Waals surface area contributed by atoms with Crippen LogP contribution in [-0.2, 0) is 0 Å². The monoisotopic (exact) mass is 247 g/mol. The van der Waals surface area contributed by atoms with Gasteiger partial charge in [-0.25, -0.2) is 4.79 Å². The highest BCUT2D eigenvalue weighted by Gasteiger charge is 2.25. The predicted octanol–water partition coefficient (Wildman–Crippen LogP) is 1.88. The van der Waals surface area contributed by atoms with E-state index in [9.17, 15) is 4.79 Å². The molecule has 0 saturated heterocycles. The van der Waals surface area contributed by atoms with Crippen molar-refractivity contribution < 1.29 is 15.0 Å². The van der Waals surface area contributed by atoms with Crippen LogP contribution in [0, 0.1) is 5.92 Å². The fourth-order valence-electron chi connectivity index (χ4n) is 2.17. The molecule has 0 atom stereocenters. The molecule has 0 aromatic rings. The third-order valence-corrected chi connectivity index (χ3v) is 4.43. The highest BCUT2D eigenvalue weighted by Crippen LogP contribution is 2.29. The van der Waals surface area contributed by atoms with Crippen molar-refractivity contribution in [2.24, 2.45) is 5.92 Å². The summed E-state index contributed by atoms with van der Waals surface area (Å²) in [6.45, 7) is 0.252. The predicted molar refractivity (Wildman–Crippen MR) is 65.9 cm³/mol. The molecule has 4 nitrogen and oxygen atoms in total. The maximum atomic E-state index is 10.8. The molecule has 1 fully saturated rings. The SMILES string of the molecule is CN(C(=O)O)C1CCC(CSCCO)CC1. The zero-order valence-electron chi connectivity index (χ0n) is 9.76. The van der Waals surface area contributed by atoms with Crippen LogP contribution in [0.25, 0.3) is 0 Å². The number of aliphatic hydroxyl groups excluding tert-OH is 1. The molecular weight excluding hydrogens is 226 g/mol. The molecule has 0 aromatic heterocycles. The molecule has 0 bridgehead atoms. The third-order valence-electron chi connectivity index (χ3n) is 3.25. The Morgan fingerprint density at radius 1 is 1.38 bits per heavy atom. The van der Waals surface area contributed by atoms with E-state index in [4.69, 9.17) is 10.2 Å². The Bertz CT molecular complexity index is 217. The molecule has 5 heteroatoms. The van der Waals surface area contributed by atoms with E-state index in [1.54, 1.807) is 18.8 Å². The maximum Gasteiger partial charge on any atom is 0.407 e. The van der Waals surface area contributed by atoms with E-state index >= 15 is 0 Å². The molecule has 1 aliphatic carbocycles. The van der Waals surface area contributed by atoms with Gasteiger partial charge in [-0.1, -0.05) is 0 Å². The first-order valence-electron chi connectivity index (χ1n) is 5.79. The zero-order chi connectivity index (χ0) is 12.0. The van der Waals surface area contributed by atoms with Crippen molar-refractivity contribution in [2.75, 3.05) is 25.2 Å². The van der Waals surface area contributed by atoms with Crippen LogP contribution in [0.15, 0.2) is 0 Å². The van der Waals surface area contributed by atoms with Crippen molar-refractivity contribution in [1.82, 2.24) is 4.90 Å². The molecule has 94 valence electrons. The summed E-state index contributed by atoms with van der Waals surface area (Å²) in [4.78, 5) is 12.2. The molecule has 1 saturated carbocycles. The van der Waals surface area contributed by atoms with Gasteiger partial charge in [0.05, 0.1) is 6.61 Å². The number of carboxylic acid groups (broad SMARTS) is 1. The van der Waals surface area contributed by atoms with Gasteiger partial charge in [-0.15, -0.1) is 0 Å². The number of aliphatic hydroxyl groups is 1. The summed E-state index contributed by atoms with van der Waals surface area (Å²) in [5.41, 5.74) is 0. The van der Waals surface area contributed by atoms with Gasteiger partial charge in [0.25, 0.3) is 0 Å². The number of hydrogen-bond acceptors (Lipinski definition) is 3. The Balaban J connectivity index is 2.20. The van der Waals surface area contributed by atoms with Gasteiger partial charge in [-0.3, -0.25) is 0 Å². The summed E-state index contributed by atoms with van der Waals surface area (Å²) in [6.07, 6.45) is 3.36. The molecule has 0 spiro atoms. The van der Waals surface area contributed by atoms with Crippen LogP contribution in [0.2, 0.25) is 0 Å². The Morgan fingerprint density at radius 3 is 2.50 bits per heavy atom. The number of amides is 1. The summed E-state index contributed by atoms with van der Waals surface area (Å²) in [5, 5.41) is 17.5. The minimum atomic E-state index is -0.821. The average Bonchev–Trinajstić information content (AvgIpc) is 2.29. The zero-order valence-corrected chi connectivity index (χ0v) is 10.6. The summed E-state index contributed by atoms with van der Waals surface area (Å²) >= 11 is 1.80. The molecule has 0 heterocycles. The van der Waals surface area contributed by atoms with Crippen molar-refractivity contribution in [1.29, 1.82) is 0 Å². The lowest BCUT2D eigenvalue weighted by molar-refractivity contribution is 0.121. The van der Waals surface area contributed by atoms with E-state index in [1.165, 1.54) is 4.90 Å². The first-order valence-corrected chi connectivity index (χ1v) is 6.95. The number of hydrogen-bond donors (Lipinski definition) is 2. The Hall–Kier alpha value is -0.420. The number of nitrogens with zero attached hydrogens (tertiary/aromatic N) is 1. The van der Waals surface area contributed by atoms with Crippen molar-refractivity contribution >= 4 is 17.9 Å². The Morgan fingerprint density at radius 2 is 2.00 bits per heavy atom. The summed E-state index contributed by atoms with van der Waals surface area (Å²) in [7, 11) is 1.66. The van der Waals surface area contributed by atoms with E-state index in [0.717, 1.165) is 37.2 Å². The van der Waals surface area contributed by atoms with Crippen molar-refractivity contribution in [3.8, 4) is 0 Å². The van der Waals surface area contributed by atoms with E-state index in [0.29, 0.717) is 5.92 Å². The van der Waals surface area contributed by atoms with E-state index in [2.05, 4.69) is 0 Å². The van der Waals surface area contributed by atoms with Crippen LogP contribution in [0.4, 0.5) is 4.79 Å². The van der Waals surface area contributed by atoms with Crippen molar-refractivity contribution in [2.45, 2.75) is 31.7 Å². The molecule has 0 aromatic carbocycles. The fraction of sp³-hybridized carbons (Fsp3) is 0.909. The molecule has 16 heavy (non-hydrogen) atoms. The first kappa shape index (κ1) is 13.6. The number of rotatable bonds is 5. The van der Waals surface area contributed by atoms with Gasteiger partial charge in [-0.2, -0.15) is 11.8 Å². The average molecular weight is 247 g/mol. The maximum absolute atomic E-state index is 10.8. The van der Waals surface area contributed by atoms with Gasteiger partial charge in [0.15, 0.2) is 0 Å². The topological polar surface area (TPSA) is 60.8 Å². The first-order chi connectivity index (χ1) is 7.65. The Labute approximate surface area is 101 Å². The van der Waals surface area contributed by atoms with Gasteiger partial charge in [0, 0.05) is 18.8 Å². The minimum absolute atomic E-state index is 0.205. The summed E-state index contributed by atoms with van der Waals surface area (Å²) in [5.74, 6) is 2.62. The second-order valence-corrected chi connectivity index (χ2v) is 5.52. The van der Waals surface area contributed by atoms with E-state index < -0.39 is 6.09 Å². The van der Waals surface area contributed by atoms with Crippen LogP contribution in [0.5, 0.6) is 0 Å². The van der Waals surface area contributed by atoms with Gasteiger partial charge >= 0.3 is 6.09 Å². The van der Waals surface area contributed by atoms with Crippen LogP contribution < -0.4 is 0 Å². The van der Waals surface area contributed by atoms with Crippen LogP contribution in [0.3, 0.4) is 0 Å². The normalized spacial score (nSPS) is 25.4. The quantitative estimate of drug-likeness (QED) is 0.728. The molecule has 0 unspecified atom stereocenters. The standard InChI is InChI=1S/C11H21NO3S/c1-12(11(14)15)10-4-2-9(3-5-10)8-16-7-6-13/h9-10,13H,2-8H2,1H3,(H,14,15). The molecule has 2 N–H and O–H groups in total. The smallest absolute Gasteiger partial charge is 0.407 e. The number of carbonyl (C=O) groups is 1. The van der Waals surface area contributed by atoms with Crippen LogP contribution in [0.1, 0.15) is 25.7 Å². The molecule has 1 amide bonds. The highest BCUT2D eigenvalue weighted by molar-refractivity contribution is 7.99. The largest absolute Gasteiger partial charge is 0.465 e. The van der Waals surface area contributed by atoms with Crippen LogP contribution in [-0.4, -0.2) is 52.4 Å². The van der Waals surface area contributed by atoms with Gasteiger partial charge in [-0.05, 0) is 37.4 Å². The van der Waals surface area contributed by atoms with Crippen molar-refractivity contribution in [3.05, 3.63) is 0 Å². The van der Waals surface area contributed by atoms with Crippen LogP contribution >= 0.6 is 11.8 Å². The lowest BCUT2D eigenvalue weighted by atomic mass is 9.87. The van der Waals surface area contributed by atoms with Crippen molar-refractivity contribution in [3.63, 3.8) is 0 Å². The lowest BCUT2D eigenvalue weighted by Crippen LogP contribution is -2.38. The Kier molecular flexibility index (Phi) is 5.98. The molecule has 0 aliphatic heterocycles. The third kappa shape index (κ3) is 4.22. The molecular formula is C11H21NO3S. The van der Waals surface area contributed by atoms with E-state index in [1.807, 2.05) is 0 Å². The lowest BCUT2D eigenvalue weighted by Gasteiger charge is -2.33. The number of thioether (sulfide) groups is 1. The van der Waals surface area contributed by atoms with E-state index in [-0.39, 0.29) is 12.6 Å². The second-order valence-electron chi connectivity index (χ2n) is 4.37. The molecule has 1 rings (SSSR count). The summed E-state index contributed by atoms with van der Waals surface area (Å²) in [6, 6.07) is 0.205. The molecule has 0 radical (unpaired) electrons. The van der Waals surface area contributed by atoms with Gasteiger partial charge < -0.3 is 15.1 Å². The fourth-order valence-corrected chi connectivity index (χ4v) is 3.13. The molecule has 1 aliphatic rings. The highest BCUT2D eigenvalue weighted by atomic mass is 32.2. The van der Waals surface area contributed by atoms with Gasteiger partial charge in [0.1, 0.15) is 0 Å². The summed E-state index contributed by atoms with van der Waals surface area (Å²) < 4.78 is 0. The van der Waals surface area contributed by atoms with Gasteiger partial charge in [0.2, 0.25) is 0 Å². The second kappa shape index (κ2) is 7.01.